The second-order valence-corrected chi connectivity index (χ2v) is 7.09. The summed E-state index contributed by atoms with van der Waals surface area (Å²) in [6.45, 7) is -0.542. The summed E-state index contributed by atoms with van der Waals surface area (Å²) in [6.07, 6.45) is 0.0473. The van der Waals surface area contributed by atoms with Crippen LogP contribution in [0.5, 0.6) is 0 Å². The van der Waals surface area contributed by atoms with Gasteiger partial charge in [-0.2, -0.15) is 0 Å². The Bertz CT molecular complexity index is 1110. The molecule has 0 fully saturated rings. The van der Waals surface area contributed by atoms with E-state index >= 15 is 0 Å². The first-order valence-electron chi connectivity index (χ1n) is 8.63. The van der Waals surface area contributed by atoms with Crippen LogP contribution in [0.3, 0.4) is 0 Å². The van der Waals surface area contributed by atoms with Gasteiger partial charge < -0.3 is 10.5 Å². The third-order valence-electron chi connectivity index (χ3n) is 4.66. The van der Waals surface area contributed by atoms with Crippen molar-refractivity contribution in [3.63, 3.8) is 0 Å². The number of nitrogens with two attached hydrogens (primary N) is 1. The summed E-state index contributed by atoms with van der Waals surface area (Å²) in [7, 11) is 0. The van der Waals surface area contributed by atoms with Gasteiger partial charge >= 0.3 is 0 Å². The molecular weight excluding hydrogens is 407 g/mol. The lowest BCUT2D eigenvalue weighted by Crippen LogP contribution is -2.45. The largest absolute Gasteiger partial charge is 0.385 e. The zero-order chi connectivity index (χ0) is 20.6. The minimum Gasteiger partial charge on any atom is -0.385 e. The van der Waals surface area contributed by atoms with E-state index in [1.165, 1.54) is 24.7 Å². The van der Waals surface area contributed by atoms with E-state index in [-0.39, 0.29) is 24.4 Å². The van der Waals surface area contributed by atoms with Crippen LogP contribution in [-0.4, -0.2) is 40.4 Å². The highest BCUT2D eigenvalue weighted by Crippen LogP contribution is 2.37. The molecule has 6 nitrogen and oxygen atoms in total. The molecule has 3 heterocycles. The Morgan fingerprint density at radius 3 is 2.79 bits per heavy atom. The minimum absolute atomic E-state index is 0.0725. The van der Waals surface area contributed by atoms with Crippen LogP contribution < -0.4 is 5.73 Å². The van der Waals surface area contributed by atoms with Crippen molar-refractivity contribution in [2.75, 3.05) is 13.2 Å². The minimum atomic E-state index is -3.00. The van der Waals surface area contributed by atoms with Crippen molar-refractivity contribution in [3.8, 4) is 0 Å². The fraction of sp³-hybridized carbons (Fsp3) is 0.263. The monoisotopic (exact) mass is 421 g/mol. The number of alkyl halides is 2. The van der Waals surface area contributed by atoms with Crippen LogP contribution in [-0.2, 0) is 16.7 Å². The Morgan fingerprint density at radius 2 is 2.03 bits per heavy atom. The predicted octanol–water partition coefficient (Wildman–Crippen LogP) is 3.26. The first kappa shape index (κ1) is 19.5. The Balaban J connectivity index is 1.78. The number of halogens is 4. The van der Waals surface area contributed by atoms with Crippen LogP contribution >= 0.6 is 11.6 Å². The van der Waals surface area contributed by atoms with Gasteiger partial charge in [-0.05, 0) is 23.8 Å². The lowest BCUT2D eigenvalue weighted by molar-refractivity contribution is -0.0146. The van der Waals surface area contributed by atoms with Gasteiger partial charge in [0.1, 0.15) is 30.1 Å². The van der Waals surface area contributed by atoms with E-state index in [9.17, 15) is 13.2 Å². The number of hydrogen-bond donors (Lipinski definition) is 1. The van der Waals surface area contributed by atoms with Crippen LogP contribution in [0.1, 0.15) is 16.8 Å². The predicted molar refractivity (Wildman–Crippen MR) is 102 cm³/mol. The van der Waals surface area contributed by atoms with Gasteiger partial charge in [0.05, 0.1) is 22.8 Å². The first-order valence-corrected chi connectivity index (χ1v) is 9.01. The molecule has 2 aromatic heterocycles. The molecule has 4 rings (SSSR count). The number of ether oxygens (including phenoxy) is 1. The van der Waals surface area contributed by atoms with E-state index in [0.717, 1.165) is 6.07 Å². The smallest absolute Gasteiger partial charge is 0.269 e. The standard InChI is InChI=1S/C19H15ClF3N5O/c20-11-5-15-17(25-6-11)14(26-9-27-15)4-10-1-2-13(21)12(3-10)19(18(22)23)8-29-7-16(24)28-19/h1-3,5-6,9,18H,4,7-8H2,(H2,24,28)/t19-/m0/s1. The second kappa shape index (κ2) is 7.57. The summed E-state index contributed by atoms with van der Waals surface area (Å²) in [6, 6.07) is 5.62. The maximum atomic E-state index is 14.6. The summed E-state index contributed by atoms with van der Waals surface area (Å²) in [5, 5.41) is 0.429. The molecule has 1 atom stereocenters. The topological polar surface area (TPSA) is 86.3 Å². The molecule has 0 radical (unpaired) electrons. The fourth-order valence-electron chi connectivity index (χ4n) is 3.31. The van der Waals surface area contributed by atoms with Crippen LogP contribution in [0, 0.1) is 5.82 Å². The van der Waals surface area contributed by atoms with Gasteiger partial charge in [-0.1, -0.05) is 17.7 Å². The highest BCUT2D eigenvalue weighted by atomic mass is 35.5. The molecule has 1 aliphatic rings. The number of amidine groups is 1. The molecule has 0 unspecified atom stereocenters. The normalized spacial score (nSPS) is 19.6. The highest BCUT2D eigenvalue weighted by Gasteiger charge is 2.46. The van der Waals surface area contributed by atoms with Crippen molar-refractivity contribution in [2.45, 2.75) is 18.4 Å². The summed E-state index contributed by atoms with van der Waals surface area (Å²) in [5.74, 6) is -0.919. The van der Waals surface area contributed by atoms with Crippen LogP contribution in [0.4, 0.5) is 13.2 Å². The average Bonchev–Trinajstić information content (AvgIpc) is 2.69. The third-order valence-corrected chi connectivity index (χ3v) is 4.87. The van der Waals surface area contributed by atoms with E-state index in [0.29, 0.717) is 27.3 Å². The maximum absolute atomic E-state index is 14.6. The van der Waals surface area contributed by atoms with Crippen LogP contribution in [0.25, 0.3) is 11.0 Å². The van der Waals surface area contributed by atoms with E-state index < -0.39 is 24.4 Å². The zero-order valence-electron chi connectivity index (χ0n) is 14.9. The summed E-state index contributed by atoms with van der Waals surface area (Å²) in [4.78, 5) is 16.5. The van der Waals surface area contributed by atoms with E-state index in [2.05, 4.69) is 19.9 Å². The zero-order valence-corrected chi connectivity index (χ0v) is 15.7. The first-order chi connectivity index (χ1) is 13.9. The number of pyridine rings is 1. The molecule has 3 aromatic rings. The molecule has 1 aromatic carbocycles. The van der Waals surface area contributed by atoms with Gasteiger partial charge in [-0.3, -0.25) is 9.98 Å². The van der Waals surface area contributed by atoms with Crippen LogP contribution in [0.2, 0.25) is 5.02 Å². The van der Waals surface area contributed by atoms with Gasteiger partial charge in [0.2, 0.25) is 0 Å². The molecule has 0 bridgehead atoms. The Hall–Kier alpha value is -2.78. The fourth-order valence-corrected chi connectivity index (χ4v) is 3.46. The lowest BCUT2D eigenvalue weighted by atomic mass is 9.88. The molecule has 1 aliphatic heterocycles. The number of nitrogens with zero attached hydrogens (tertiary/aromatic N) is 4. The van der Waals surface area contributed by atoms with Gasteiger partial charge in [-0.25, -0.2) is 23.1 Å². The SMILES string of the molecule is NC1=N[C@@](c2cc(Cc3ncnc4cc(Cl)cnc34)ccc2F)(C(F)F)COC1. The molecule has 0 aliphatic carbocycles. The number of hydrogen-bond acceptors (Lipinski definition) is 6. The summed E-state index contributed by atoms with van der Waals surface area (Å²) >= 11 is 5.94. The average molecular weight is 422 g/mol. The van der Waals surface area contributed by atoms with E-state index in [1.54, 1.807) is 6.07 Å². The van der Waals surface area contributed by atoms with Gasteiger partial charge in [-0.15, -0.1) is 0 Å². The van der Waals surface area contributed by atoms with Crippen molar-refractivity contribution in [3.05, 3.63) is 64.5 Å². The quantitative estimate of drug-likeness (QED) is 0.698. The van der Waals surface area contributed by atoms with Crippen molar-refractivity contribution in [1.29, 1.82) is 0 Å². The Morgan fingerprint density at radius 1 is 1.21 bits per heavy atom. The molecule has 150 valence electrons. The van der Waals surface area contributed by atoms with Crippen molar-refractivity contribution in [1.82, 2.24) is 15.0 Å². The van der Waals surface area contributed by atoms with Crippen LogP contribution in [0.15, 0.2) is 41.8 Å². The number of rotatable bonds is 4. The number of aliphatic imine (C=N–C) groups is 1. The molecular formula is C19H15ClF3N5O. The molecule has 29 heavy (non-hydrogen) atoms. The maximum Gasteiger partial charge on any atom is 0.269 e. The van der Waals surface area contributed by atoms with Gasteiger partial charge in [0, 0.05) is 18.2 Å². The van der Waals surface area contributed by atoms with Crippen molar-refractivity contribution in [2.24, 2.45) is 10.7 Å². The van der Waals surface area contributed by atoms with Crippen molar-refractivity contribution >= 4 is 28.5 Å². The second-order valence-electron chi connectivity index (χ2n) is 6.65. The van der Waals surface area contributed by atoms with E-state index in [1.807, 2.05) is 0 Å². The molecule has 0 spiro atoms. The van der Waals surface area contributed by atoms with Gasteiger partial charge in [0.25, 0.3) is 6.43 Å². The Kier molecular flexibility index (Phi) is 5.10. The molecule has 10 heteroatoms. The van der Waals surface area contributed by atoms with Crippen molar-refractivity contribution < 1.29 is 17.9 Å². The number of fused-ring (bicyclic) bond motifs is 1. The number of aromatic nitrogens is 3. The molecule has 0 saturated heterocycles. The molecule has 2 N–H and O–H groups in total. The van der Waals surface area contributed by atoms with E-state index in [4.69, 9.17) is 22.1 Å². The molecule has 0 saturated carbocycles. The highest BCUT2D eigenvalue weighted by molar-refractivity contribution is 6.31. The van der Waals surface area contributed by atoms with Gasteiger partial charge in [0.15, 0.2) is 5.54 Å². The summed E-state index contributed by atoms with van der Waals surface area (Å²) in [5.41, 5.74) is 5.31. The summed E-state index contributed by atoms with van der Waals surface area (Å²) < 4.78 is 47.7. The third kappa shape index (κ3) is 3.63. The lowest BCUT2D eigenvalue weighted by Gasteiger charge is -2.33. The Labute approximate surface area is 168 Å². The molecule has 0 amide bonds. The number of benzene rings is 1.